The highest BCUT2D eigenvalue weighted by Gasteiger charge is 2.26. The van der Waals surface area contributed by atoms with Crippen LogP contribution in [-0.4, -0.2) is 17.3 Å². The summed E-state index contributed by atoms with van der Waals surface area (Å²) in [6.45, 7) is 0. The van der Waals surface area contributed by atoms with Crippen molar-refractivity contribution < 1.29 is 14.4 Å². The summed E-state index contributed by atoms with van der Waals surface area (Å²) >= 11 is 0. The summed E-state index contributed by atoms with van der Waals surface area (Å²) in [7, 11) is 0. The molecule has 0 aromatic heterocycles. The summed E-state index contributed by atoms with van der Waals surface area (Å²) < 4.78 is 0. The summed E-state index contributed by atoms with van der Waals surface area (Å²) in [4.78, 5) is 36.6. The summed E-state index contributed by atoms with van der Waals surface area (Å²) in [5, 5.41) is 0. The molecule has 3 rings (SSSR count). The SMILES string of the molecule is O=C(CC1=CC(=O)c2ccccc2C1=O)Cc1ccccc1. The number of hydrogen-bond donors (Lipinski definition) is 0. The van der Waals surface area contributed by atoms with E-state index >= 15 is 0 Å². The van der Waals surface area contributed by atoms with Gasteiger partial charge in [0.25, 0.3) is 0 Å². The van der Waals surface area contributed by atoms with Gasteiger partial charge in [-0.1, -0.05) is 54.6 Å². The first-order valence-electron chi connectivity index (χ1n) is 7.09. The molecule has 0 bridgehead atoms. The first-order chi connectivity index (χ1) is 10.6. The molecular formula is C19H14O3. The van der Waals surface area contributed by atoms with Crippen LogP contribution in [0.2, 0.25) is 0 Å². The van der Waals surface area contributed by atoms with Crippen molar-refractivity contribution in [3.8, 4) is 0 Å². The highest BCUT2D eigenvalue weighted by atomic mass is 16.1. The standard InChI is InChI=1S/C19H14O3/c20-15(10-13-6-2-1-3-7-13)11-14-12-18(21)16-8-4-5-9-17(16)19(14)22/h1-9,12H,10-11H2. The van der Waals surface area contributed by atoms with Crippen LogP contribution >= 0.6 is 0 Å². The third kappa shape index (κ3) is 2.79. The first kappa shape index (κ1) is 14.1. The quantitative estimate of drug-likeness (QED) is 0.869. The van der Waals surface area contributed by atoms with Gasteiger partial charge in [0.1, 0.15) is 5.78 Å². The molecule has 0 spiro atoms. The van der Waals surface area contributed by atoms with E-state index in [0.29, 0.717) is 11.1 Å². The van der Waals surface area contributed by atoms with Crippen molar-refractivity contribution in [2.24, 2.45) is 0 Å². The van der Waals surface area contributed by atoms with Gasteiger partial charge >= 0.3 is 0 Å². The van der Waals surface area contributed by atoms with Crippen LogP contribution in [0.25, 0.3) is 0 Å². The van der Waals surface area contributed by atoms with Gasteiger partial charge in [0.15, 0.2) is 11.6 Å². The molecule has 0 amide bonds. The molecule has 0 N–H and O–H groups in total. The lowest BCUT2D eigenvalue weighted by Crippen LogP contribution is -2.19. The van der Waals surface area contributed by atoms with Crippen molar-refractivity contribution in [2.45, 2.75) is 12.8 Å². The molecule has 0 saturated carbocycles. The van der Waals surface area contributed by atoms with Crippen LogP contribution in [0.4, 0.5) is 0 Å². The maximum Gasteiger partial charge on any atom is 0.190 e. The van der Waals surface area contributed by atoms with Crippen LogP contribution in [0, 0.1) is 0 Å². The molecular weight excluding hydrogens is 276 g/mol. The normalized spacial score (nSPS) is 13.5. The van der Waals surface area contributed by atoms with E-state index in [1.165, 1.54) is 6.08 Å². The fourth-order valence-electron chi connectivity index (χ4n) is 2.60. The van der Waals surface area contributed by atoms with Crippen LogP contribution < -0.4 is 0 Å². The summed E-state index contributed by atoms with van der Waals surface area (Å²) in [5.41, 5.74) is 1.98. The topological polar surface area (TPSA) is 51.2 Å². The number of Topliss-reactive ketones (excluding diaryl/α,β-unsaturated/α-hetero) is 2. The van der Waals surface area contributed by atoms with Gasteiger partial charge in [-0.05, 0) is 11.6 Å². The van der Waals surface area contributed by atoms with Crippen molar-refractivity contribution in [1.82, 2.24) is 0 Å². The van der Waals surface area contributed by atoms with Gasteiger partial charge in [-0.2, -0.15) is 0 Å². The van der Waals surface area contributed by atoms with E-state index < -0.39 is 0 Å². The third-order valence-corrected chi connectivity index (χ3v) is 3.67. The molecule has 108 valence electrons. The minimum atomic E-state index is -0.225. The van der Waals surface area contributed by atoms with Crippen molar-refractivity contribution in [3.63, 3.8) is 0 Å². The Morgan fingerprint density at radius 2 is 1.41 bits per heavy atom. The Hall–Kier alpha value is -2.81. The van der Waals surface area contributed by atoms with E-state index in [1.807, 2.05) is 30.3 Å². The molecule has 0 unspecified atom stereocenters. The molecule has 1 aliphatic rings. The van der Waals surface area contributed by atoms with Crippen LogP contribution in [0.1, 0.15) is 32.7 Å². The zero-order valence-electron chi connectivity index (χ0n) is 11.9. The highest BCUT2D eigenvalue weighted by molar-refractivity contribution is 6.25. The Morgan fingerprint density at radius 1 is 0.773 bits per heavy atom. The number of allylic oxidation sites excluding steroid dienone is 2. The van der Waals surface area contributed by atoms with E-state index in [0.717, 1.165) is 5.56 Å². The number of ketones is 3. The van der Waals surface area contributed by atoms with Gasteiger partial charge in [0, 0.05) is 29.5 Å². The highest BCUT2D eigenvalue weighted by Crippen LogP contribution is 2.23. The average molecular weight is 290 g/mol. The second-order valence-corrected chi connectivity index (χ2v) is 5.29. The van der Waals surface area contributed by atoms with Crippen molar-refractivity contribution in [1.29, 1.82) is 0 Å². The van der Waals surface area contributed by atoms with Gasteiger partial charge in [0.2, 0.25) is 0 Å². The lowest BCUT2D eigenvalue weighted by atomic mass is 9.87. The first-order valence-corrected chi connectivity index (χ1v) is 7.09. The molecule has 22 heavy (non-hydrogen) atoms. The molecule has 1 aliphatic carbocycles. The second-order valence-electron chi connectivity index (χ2n) is 5.29. The largest absolute Gasteiger partial charge is 0.299 e. The fourth-order valence-corrected chi connectivity index (χ4v) is 2.60. The molecule has 2 aromatic carbocycles. The lowest BCUT2D eigenvalue weighted by Gasteiger charge is -2.14. The maximum absolute atomic E-state index is 12.4. The minimum Gasteiger partial charge on any atom is -0.299 e. The Morgan fingerprint density at radius 3 is 2.14 bits per heavy atom. The van der Waals surface area contributed by atoms with Gasteiger partial charge < -0.3 is 0 Å². The third-order valence-electron chi connectivity index (χ3n) is 3.67. The molecule has 0 atom stereocenters. The Labute approximate surface area is 128 Å². The predicted molar refractivity (Wildman–Crippen MR) is 83.0 cm³/mol. The molecule has 0 saturated heterocycles. The molecule has 0 radical (unpaired) electrons. The lowest BCUT2D eigenvalue weighted by molar-refractivity contribution is -0.117. The number of fused-ring (bicyclic) bond motifs is 1. The zero-order chi connectivity index (χ0) is 15.5. The maximum atomic E-state index is 12.4. The number of benzene rings is 2. The summed E-state index contributed by atoms with van der Waals surface area (Å²) in [6.07, 6.45) is 1.56. The molecule has 0 fully saturated rings. The van der Waals surface area contributed by atoms with Crippen LogP contribution in [0.3, 0.4) is 0 Å². The number of rotatable bonds is 4. The van der Waals surface area contributed by atoms with Gasteiger partial charge in [-0.25, -0.2) is 0 Å². The molecule has 3 heteroatoms. The van der Waals surface area contributed by atoms with E-state index in [-0.39, 0.29) is 35.8 Å². The van der Waals surface area contributed by atoms with Crippen LogP contribution in [-0.2, 0) is 11.2 Å². The molecule has 0 aliphatic heterocycles. The monoisotopic (exact) mass is 290 g/mol. The van der Waals surface area contributed by atoms with Crippen LogP contribution in [0.15, 0.2) is 66.2 Å². The molecule has 0 heterocycles. The summed E-state index contributed by atoms with van der Waals surface area (Å²) in [6, 6.07) is 16.1. The number of carbonyl (C=O) groups is 3. The minimum absolute atomic E-state index is 0.00615. The predicted octanol–water partition coefficient (Wildman–Crippen LogP) is 3.19. The van der Waals surface area contributed by atoms with Crippen molar-refractivity contribution in [2.75, 3.05) is 0 Å². The average Bonchev–Trinajstić information content (AvgIpc) is 2.53. The Bertz CT molecular complexity index is 785. The number of carbonyl (C=O) groups excluding carboxylic acids is 3. The van der Waals surface area contributed by atoms with Gasteiger partial charge in [-0.3, -0.25) is 14.4 Å². The Balaban J connectivity index is 1.78. The van der Waals surface area contributed by atoms with Crippen molar-refractivity contribution in [3.05, 3.63) is 82.9 Å². The number of hydrogen-bond acceptors (Lipinski definition) is 3. The van der Waals surface area contributed by atoms with Gasteiger partial charge in [-0.15, -0.1) is 0 Å². The zero-order valence-corrected chi connectivity index (χ0v) is 11.9. The summed E-state index contributed by atoms with van der Waals surface area (Å²) in [5.74, 6) is -0.507. The van der Waals surface area contributed by atoms with E-state index in [4.69, 9.17) is 0 Å². The van der Waals surface area contributed by atoms with Crippen molar-refractivity contribution >= 4 is 17.3 Å². The van der Waals surface area contributed by atoms with E-state index in [1.54, 1.807) is 24.3 Å². The van der Waals surface area contributed by atoms with Crippen LogP contribution in [0.5, 0.6) is 0 Å². The second kappa shape index (κ2) is 5.90. The molecule has 2 aromatic rings. The molecule has 3 nitrogen and oxygen atoms in total. The van der Waals surface area contributed by atoms with Gasteiger partial charge in [0.05, 0.1) is 0 Å². The Kier molecular flexibility index (Phi) is 3.79. The van der Waals surface area contributed by atoms with E-state index in [2.05, 4.69) is 0 Å². The fraction of sp³-hybridized carbons (Fsp3) is 0.105. The van der Waals surface area contributed by atoms with E-state index in [9.17, 15) is 14.4 Å². The smallest absolute Gasteiger partial charge is 0.190 e.